The van der Waals surface area contributed by atoms with Gasteiger partial charge in [0.2, 0.25) is 0 Å². The summed E-state index contributed by atoms with van der Waals surface area (Å²) in [5, 5.41) is 0. The van der Waals surface area contributed by atoms with Gasteiger partial charge in [-0.15, -0.1) is 0 Å². The van der Waals surface area contributed by atoms with Gasteiger partial charge in [-0.3, -0.25) is 0 Å². The van der Waals surface area contributed by atoms with Gasteiger partial charge < -0.3 is 24.8 Å². The Bertz CT molecular complexity index is 1610. The van der Waals surface area contributed by atoms with Gasteiger partial charge in [0.15, 0.2) is 0 Å². The zero-order chi connectivity index (χ0) is 28.3. The topological polar surface area (TPSA) is 0 Å². The molecule has 0 aromatic heterocycles. The van der Waals surface area contributed by atoms with E-state index in [1.54, 1.807) is 26.5 Å². The van der Waals surface area contributed by atoms with Gasteiger partial charge in [-0.1, -0.05) is 0 Å². The number of hydrogen-bond acceptors (Lipinski definition) is 0. The fraction of sp³-hybridized carbons (Fsp3) is 0.410. The molecule has 0 spiro atoms. The SMILES string of the molecule is C/[C](c1ccc(C)cc1)=[Zr+2](\[C]1=CC(C2(C)CCCCC2)=CC1C)[c]1c(C)c(C)cc2c1Cc1cc(C)c(C)cc1-2.[Cl-].[Cl-]. The Morgan fingerprint density at radius 3 is 2.10 bits per heavy atom. The Kier molecular flexibility index (Phi) is 10.2. The van der Waals surface area contributed by atoms with Crippen LogP contribution in [0.3, 0.4) is 0 Å². The van der Waals surface area contributed by atoms with E-state index in [1.807, 2.05) is 0 Å². The van der Waals surface area contributed by atoms with Gasteiger partial charge in [0, 0.05) is 0 Å². The minimum atomic E-state index is -2.53. The molecule has 0 radical (unpaired) electrons. The quantitative estimate of drug-likeness (QED) is 0.310. The van der Waals surface area contributed by atoms with Crippen LogP contribution in [0.15, 0.2) is 63.5 Å². The largest absolute Gasteiger partial charge is 1.00 e. The van der Waals surface area contributed by atoms with Crippen LogP contribution in [0.5, 0.6) is 0 Å². The first-order valence-electron chi connectivity index (χ1n) is 15.5. The average Bonchev–Trinajstić information content (AvgIpc) is 3.48. The molecule has 220 valence electrons. The molecular weight excluding hydrogens is 631 g/mol. The molecule has 0 saturated heterocycles. The van der Waals surface area contributed by atoms with Crippen LogP contribution >= 0.6 is 0 Å². The predicted molar refractivity (Wildman–Crippen MR) is 171 cm³/mol. The summed E-state index contributed by atoms with van der Waals surface area (Å²) in [4.78, 5) is 0. The number of hydrogen-bond donors (Lipinski definition) is 0. The second-order valence-electron chi connectivity index (χ2n) is 13.5. The first-order chi connectivity index (χ1) is 19.1. The molecule has 3 aliphatic rings. The van der Waals surface area contributed by atoms with E-state index in [9.17, 15) is 0 Å². The van der Waals surface area contributed by atoms with E-state index in [0.717, 1.165) is 6.42 Å². The van der Waals surface area contributed by atoms with Gasteiger partial charge in [-0.25, -0.2) is 0 Å². The predicted octanol–water partition coefficient (Wildman–Crippen LogP) is 3.72. The van der Waals surface area contributed by atoms with Gasteiger partial charge in [-0.05, 0) is 0 Å². The maximum Gasteiger partial charge on any atom is -1.00 e. The third-order valence-electron chi connectivity index (χ3n) is 10.6. The zero-order valence-corrected chi connectivity index (χ0v) is 30.7. The number of fused-ring (bicyclic) bond motifs is 3. The molecule has 0 bridgehead atoms. The molecule has 0 nitrogen and oxygen atoms in total. The number of aryl methyl sites for hydroxylation is 4. The van der Waals surface area contributed by atoms with E-state index < -0.39 is 21.3 Å². The Hall–Kier alpha value is -1.53. The van der Waals surface area contributed by atoms with Crippen molar-refractivity contribution < 1.29 is 46.1 Å². The van der Waals surface area contributed by atoms with Crippen LogP contribution in [0.1, 0.15) is 97.4 Å². The zero-order valence-electron chi connectivity index (χ0n) is 26.8. The summed E-state index contributed by atoms with van der Waals surface area (Å²) >= 11 is -2.53. The minimum absolute atomic E-state index is 0. The van der Waals surface area contributed by atoms with Crippen molar-refractivity contribution in [1.29, 1.82) is 0 Å². The van der Waals surface area contributed by atoms with Gasteiger partial charge in [0.25, 0.3) is 0 Å². The summed E-state index contributed by atoms with van der Waals surface area (Å²) in [7, 11) is 0. The third-order valence-corrected chi connectivity index (χ3v) is 19.0. The normalized spacial score (nSPS) is 18.7. The molecule has 1 atom stereocenters. The molecule has 0 N–H and O–H groups in total. The van der Waals surface area contributed by atoms with E-state index in [0.29, 0.717) is 11.3 Å². The molecule has 1 unspecified atom stereocenters. The first-order valence-corrected chi connectivity index (χ1v) is 19.2. The van der Waals surface area contributed by atoms with Crippen molar-refractivity contribution in [1.82, 2.24) is 0 Å². The van der Waals surface area contributed by atoms with Gasteiger partial charge in [0.1, 0.15) is 0 Å². The molecule has 42 heavy (non-hydrogen) atoms. The molecule has 0 heterocycles. The summed E-state index contributed by atoms with van der Waals surface area (Å²) in [6.45, 7) is 19.1. The first kappa shape index (κ1) is 33.4. The van der Waals surface area contributed by atoms with Crippen LogP contribution in [-0.4, -0.2) is 3.21 Å². The molecule has 1 saturated carbocycles. The summed E-state index contributed by atoms with van der Waals surface area (Å²) in [5.41, 5.74) is 16.9. The molecule has 0 amide bonds. The van der Waals surface area contributed by atoms with Crippen molar-refractivity contribution in [3.63, 3.8) is 0 Å². The second kappa shape index (κ2) is 12.8. The molecule has 3 aromatic rings. The number of benzene rings is 3. The molecule has 6 rings (SSSR count). The van der Waals surface area contributed by atoms with Gasteiger partial charge in [0.05, 0.1) is 0 Å². The standard InChI is InChI=1S/C17H17.C13H19.C9H10.2ClH.Zr/c1-10-5-14-9-15-6-11(2)13(4)8-17(15)16(14)7-12(10)3;1-11-6-7-12(10-11)13(2)8-4-3-5-9-13;1-3-9-6-4-8(2)5-7-9;;;/h5,7-8H,9H2,1-4H3;7,10-11H,3-5,8-9H2,1-2H3;4-7H,1-2H3;2*1H;/q;;;;;+2/p-2. The minimum Gasteiger partial charge on any atom is -1.00 e. The molecule has 3 heteroatoms. The molecule has 3 aromatic carbocycles. The van der Waals surface area contributed by atoms with Crippen LogP contribution < -0.4 is 28.1 Å². The summed E-state index contributed by atoms with van der Waals surface area (Å²) in [5.74, 6) is 0.535. The van der Waals surface area contributed by atoms with E-state index in [-0.39, 0.29) is 24.8 Å². The van der Waals surface area contributed by atoms with Crippen molar-refractivity contribution in [2.75, 3.05) is 0 Å². The van der Waals surface area contributed by atoms with Crippen LogP contribution in [-0.2, 0) is 27.7 Å². The van der Waals surface area contributed by atoms with E-state index >= 15 is 0 Å². The molecular formula is C39H46Cl2Zr. The fourth-order valence-corrected chi connectivity index (χ4v) is 16.3. The maximum atomic E-state index is 2.74. The van der Waals surface area contributed by atoms with Crippen molar-refractivity contribution in [2.24, 2.45) is 11.3 Å². The number of rotatable bonds is 4. The summed E-state index contributed by atoms with van der Waals surface area (Å²) < 4.78 is 5.24. The Morgan fingerprint density at radius 1 is 0.810 bits per heavy atom. The summed E-state index contributed by atoms with van der Waals surface area (Å²) in [6, 6.07) is 16.9. The fourth-order valence-electron chi connectivity index (χ4n) is 7.69. The monoisotopic (exact) mass is 674 g/mol. The van der Waals surface area contributed by atoms with Gasteiger partial charge >= 0.3 is 252 Å². The Labute approximate surface area is 275 Å². The van der Waals surface area contributed by atoms with E-state index in [1.165, 1.54) is 76.6 Å². The van der Waals surface area contributed by atoms with Crippen LogP contribution in [0.2, 0.25) is 0 Å². The summed E-state index contributed by atoms with van der Waals surface area (Å²) in [6.07, 6.45) is 13.4. The Morgan fingerprint density at radius 2 is 1.43 bits per heavy atom. The maximum absolute atomic E-state index is 2.74. The van der Waals surface area contributed by atoms with Crippen LogP contribution in [0, 0.1) is 46.0 Å². The number of allylic oxidation sites excluding steroid dienone is 4. The second-order valence-corrected chi connectivity index (χ2v) is 19.8. The Balaban J connectivity index is 0.00000202. The van der Waals surface area contributed by atoms with E-state index in [4.69, 9.17) is 0 Å². The van der Waals surface area contributed by atoms with Crippen molar-refractivity contribution >= 4 is 6.48 Å². The molecule has 0 aliphatic heterocycles. The third kappa shape index (κ3) is 5.80. The molecule has 1 fully saturated rings. The van der Waals surface area contributed by atoms with Gasteiger partial charge in [-0.2, -0.15) is 0 Å². The van der Waals surface area contributed by atoms with E-state index in [2.05, 4.69) is 110 Å². The smallest absolute Gasteiger partial charge is 1.00 e. The van der Waals surface area contributed by atoms with Crippen LogP contribution in [0.4, 0.5) is 0 Å². The molecule has 3 aliphatic carbocycles. The van der Waals surface area contributed by atoms with Crippen molar-refractivity contribution in [3.05, 3.63) is 108 Å². The van der Waals surface area contributed by atoms with Crippen LogP contribution in [0.25, 0.3) is 11.1 Å². The van der Waals surface area contributed by atoms with Crippen molar-refractivity contribution in [3.8, 4) is 11.1 Å². The van der Waals surface area contributed by atoms with Crippen molar-refractivity contribution in [2.45, 2.75) is 93.9 Å². The number of halogens is 2. The average molecular weight is 677 g/mol.